The predicted octanol–water partition coefficient (Wildman–Crippen LogP) is 5.38. The normalized spacial score (nSPS) is 10.8. The van der Waals surface area contributed by atoms with E-state index >= 15 is 0 Å². The maximum atomic E-state index is 12.7. The number of hydrogen-bond donors (Lipinski definition) is 3. The maximum absolute atomic E-state index is 12.7. The standard InChI is InChI=1S/C27H21N5O/c28-20-13-19(14-21(29)15-20)27(33)30-22-11-12-23-24(16-22)32-26(18-9-5-2-6-10-18)25(31-23)17-7-3-1-4-8-17/h1-16H,28-29H2,(H,30,33). The number of rotatable bonds is 4. The number of anilines is 3. The quantitative estimate of drug-likeness (QED) is 0.331. The molecular formula is C27H21N5O. The highest BCUT2D eigenvalue weighted by molar-refractivity contribution is 6.06. The van der Waals surface area contributed by atoms with Crippen molar-refractivity contribution in [3.05, 3.63) is 103 Å². The molecule has 33 heavy (non-hydrogen) atoms. The van der Waals surface area contributed by atoms with Gasteiger partial charge in [-0.25, -0.2) is 9.97 Å². The monoisotopic (exact) mass is 431 g/mol. The molecule has 0 radical (unpaired) electrons. The molecule has 0 aliphatic heterocycles. The third-order valence-corrected chi connectivity index (χ3v) is 5.26. The Morgan fingerprint density at radius 2 is 1.18 bits per heavy atom. The number of benzene rings is 4. The van der Waals surface area contributed by atoms with Gasteiger partial charge in [-0.2, -0.15) is 0 Å². The summed E-state index contributed by atoms with van der Waals surface area (Å²) < 4.78 is 0. The Hall–Kier alpha value is -4.71. The van der Waals surface area contributed by atoms with Crippen molar-refractivity contribution in [2.24, 2.45) is 0 Å². The fraction of sp³-hybridized carbons (Fsp3) is 0. The minimum absolute atomic E-state index is 0.300. The zero-order valence-corrected chi connectivity index (χ0v) is 17.7. The smallest absolute Gasteiger partial charge is 0.255 e. The first-order chi connectivity index (χ1) is 16.1. The molecule has 0 spiro atoms. The lowest BCUT2D eigenvalue weighted by atomic mass is 10.0. The lowest BCUT2D eigenvalue weighted by molar-refractivity contribution is 0.102. The van der Waals surface area contributed by atoms with E-state index in [1.165, 1.54) is 0 Å². The van der Waals surface area contributed by atoms with E-state index in [-0.39, 0.29) is 5.91 Å². The van der Waals surface area contributed by atoms with E-state index in [4.69, 9.17) is 21.4 Å². The Bertz CT molecular complexity index is 1450. The number of nitrogen functional groups attached to an aromatic ring is 2. The highest BCUT2D eigenvalue weighted by Gasteiger charge is 2.14. The van der Waals surface area contributed by atoms with Crippen LogP contribution in [-0.2, 0) is 0 Å². The number of fused-ring (bicyclic) bond motifs is 1. The highest BCUT2D eigenvalue weighted by atomic mass is 16.1. The van der Waals surface area contributed by atoms with Crippen LogP contribution in [0.5, 0.6) is 0 Å². The fourth-order valence-corrected chi connectivity index (χ4v) is 3.74. The van der Waals surface area contributed by atoms with Gasteiger partial charge in [-0.1, -0.05) is 60.7 Å². The summed E-state index contributed by atoms with van der Waals surface area (Å²) in [5, 5.41) is 2.89. The second kappa shape index (κ2) is 8.43. The summed E-state index contributed by atoms with van der Waals surface area (Å²) in [7, 11) is 0. The van der Waals surface area contributed by atoms with Gasteiger partial charge in [0.25, 0.3) is 5.91 Å². The van der Waals surface area contributed by atoms with Crippen molar-refractivity contribution in [1.82, 2.24) is 9.97 Å². The van der Waals surface area contributed by atoms with E-state index in [0.717, 1.165) is 28.0 Å². The summed E-state index contributed by atoms with van der Waals surface area (Å²) in [5.41, 5.74) is 18.5. The molecular weight excluding hydrogens is 410 g/mol. The number of aromatic nitrogens is 2. The fourth-order valence-electron chi connectivity index (χ4n) is 3.74. The summed E-state index contributed by atoms with van der Waals surface area (Å²) in [5.74, 6) is -0.300. The molecule has 0 atom stereocenters. The largest absolute Gasteiger partial charge is 0.399 e. The van der Waals surface area contributed by atoms with Crippen molar-refractivity contribution in [3.8, 4) is 22.5 Å². The van der Waals surface area contributed by atoms with E-state index < -0.39 is 0 Å². The maximum Gasteiger partial charge on any atom is 0.255 e. The van der Waals surface area contributed by atoms with Crippen LogP contribution in [0.4, 0.5) is 17.1 Å². The van der Waals surface area contributed by atoms with E-state index in [2.05, 4.69) is 5.32 Å². The minimum atomic E-state index is -0.300. The predicted molar refractivity (Wildman–Crippen MR) is 134 cm³/mol. The Morgan fingerprint density at radius 3 is 1.76 bits per heavy atom. The van der Waals surface area contributed by atoms with Crippen LogP contribution in [0.3, 0.4) is 0 Å². The first-order valence-corrected chi connectivity index (χ1v) is 10.5. The zero-order chi connectivity index (χ0) is 22.8. The van der Waals surface area contributed by atoms with E-state index in [9.17, 15) is 4.79 Å². The first-order valence-electron chi connectivity index (χ1n) is 10.5. The number of amides is 1. The number of carbonyl (C=O) groups excluding carboxylic acids is 1. The van der Waals surface area contributed by atoms with Crippen molar-refractivity contribution >= 4 is 34.0 Å². The number of hydrogen-bond acceptors (Lipinski definition) is 5. The van der Waals surface area contributed by atoms with E-state index in [0.29, 0.717) is 28.1 Å². The van der Waals surface area contributed by atoms with Crippen LogP contribution in [0.2, 0.25) is 0 Å². The molecule has 4 aromatic carbocycles. The van der Waals surface area contributed by atoms with Gasteiger partial charge in [0.1, 0.15) is 0 Å². The van der Waals surface area contributed by atoms with Gasteiger partial charge in [0, 0.05) is 33.8 Å². The van der Waals surface area contributed by atoms with Crippen LogP contribution in [0.1, 0.15) is 10.4 Å². The zero-order valence-electron chi connectivity index (χ0n) is 17.7. The average Bonchev–Trinajstić information content (AvgIpc) is 2.83. The van der Waals surface area contributed by atoms with Crippen LogP contribution in [0.15, 0.2) is 97.1 Å². The topological polar surface area (TPSA) is 107 Å². The molecule has 0 saturated carbocycles. The average molecular weight is 431 g/mol. The Labute approximate surface area is 190 Å². The molecule has 6 nitrogen and oxygen atoms in total. The third-order valence-electron chi connectivity index (χ3n) is 5.26. The van der Waals surface area contributed by atoms with Crippen molar-refractivity contribution in [2.45, 2.75) is 0 Å². The molecule has 0 aliphatic rings. The molecule has 6 heteroatoms. The van der Waals surface area contributed by atoms with Crippen molar-refractivity contribution in [3.63, 3.8) is 0 Å². The summed E-state index contributed by atoms with van der Waals surface area (Å²) in [4.78, 5) is 22.6. The summed E-state index contributed by atoms with van der Waals surface area (Å²) in [6.07, 6.45) is 0. The molecule has 0 unspecified atom stereocenters. The Morgan fingerprint density at radius 1 is 0.636 bits per heavy atom. The van der Waals surface area contributed by atoms with Gasteiger partial charge in [-0.05, 0) is 36.4 Å². The molecule has 0 saturated heterocycles. The first kappa shape index (κ1) is 20.2. The van der Waals surface area contributed by atoms with E-state index in [1.54, 1.807) is 18.2 Å². The van der Waals surface area contributed by atoms with Gasteiger partial charge < -0.3 is 16.8 Å². The highest BCUT2D eigenvalue weighted by Crippen LogP contribution is 2.31. The van der Waals surface area contributed by atoms with Gasteiger partial charge in [-0.3, -0.25) is 4.79 Å². The summed E-state index contributed by atoms with van der Waals surface area (Å²) in [6.45, 7) is 0. The van der Waals surface area contributed by atoms with Crippen LogP contribution in [0, 0.1) is 0 Å². The van der Waals surface area contributed by atoms with Gasteiger partial charge in [-0.15, -0.1) is 0 Å². The van der Waals surface area contributed by atoms with E-state index in [1.807, 2.05) is 78.9 Å². The molecule has 1 amide bonds. The van der Waals surface area contributed by atoms with Crippen molar-refractivity contribution in [2.75, 3.05) is 16.8 Å². The summed E-state index contributed by atoms with van der Waals surface area (Å²) >= 11 is 0. The molecule has 5 N–H and O–H groups in total. The van der Waals surface area contributed by atoms with Crippen molar-refractivity contribution in [1.29, 1.82) is 0 Å². The number of nitrogens with one attached hydrogen (secondary N) is 1. The molecule has 160 valence electrons. The van der Waals surface area contributed by atoms with Crippen LogP contribution >= 0.6 is 0 Å². The van der Waals surface area contributed by atoms with Crippen LogP contribution < -0.4 is 16.8 Å². The number of carbonyl (C=O) groups is 1. The van der Waals surface area contributed by atoms with Gasteiger partial charge in [0.15, 0.2) is 0 Å². The van der Waals surface area contributed by atoms with Crippen molar-refractivity contribution < 1.29 is 4.79 Å². The lowest BCUT2D eigenvalue weighted by Gasteiger charge is -2.12. The third kappa shape index (κ3) is 4.22. The molecule has 1 heterocycles. The minimum Gasteiger partial charge on any atom is -0.399 e. The molecule has 1 aromatic heterocycles. The molecule has 0 fully saturated rings. The Balaban J connectivity index is 1.57. The molecule has 5 aromatic rings. The number of nitrogens with two attached hydrogens (primary N) is 2. The SMILES string of the molecule is Nc1cc(N)cc(C(=O)Nc2ccc3nc(-c4ccccc4)c(-c4ccccc4)nc3c2)c1. The lowest BCUT2D eigenvalue weighted by Crippen LogP contribution is -2.12. The van der Waals surface area contributed by atoms with Gasteiger partial charge in [0.05, 0.1) is 22.4 Å². The summed E-state index contributed by atoms with van der Waals surface area (Å²) in [6, 6.07) is 30.2. The van der Waals surface area contributed by atoms with Gasteiger partial charge in [0.2, 0.25) is 0 Å². The van der Waals surface area contributed by atoms with Crippen LogP contribution in [-0.4, -0.2) is 15.9 Å². The molecule has 0 bridgehead atoms. The molecule has 0 aliphatic carbocycles. The Kier molecular flexibility index (Phi) is 5.16. The molecule has 5 rings (SSSR count). The second-order valence-electron chi connectivity index (χ2n) is 7.70. The number of nitrogens with zero attached hydrogens (tertiary/aromatic N) is 2. The van der Waals surface area contributed by atoms with Crippen LogP contribution in [0.25, 0.3) is 33.5 Å². The van der Waals surface area contributed by atoms with Gasteiger partial charge >= 0.3 is 0 Å². The second-order valence-corrected chi connectivity index (χ2v) is 7.70.